The Hall–Kier alpha value is -1.70. The molecule has 0 bridgehead atoms. The summed E-state index contributed by atoms with van der Waals surface area (Å²) in [7, 11) is 0. The van der Waals surface area contributed by atoms with Crippen molar-refractivity contribution in [1.29, 1.82) is 0 Å². The van der Waals surface area contributed by atoms with Crippen molar-refractivity contribution in [3.8, 4) is 0 Å². The summed E-state index contributed by atoms with van der Waals surface area (Å²) >= 11 is 0. The molecule has 26 heavy (non-hydrogen) atoms. The van der Waals surface area contributed by atoms with Gasteiger partial charge >= 0.3 is 6.09 Å². The van der Waals surface area contributed by atoms with Gasteiger partial charge in [0.05, 0.1) is 30.0 Å². The lowest BCUT2D eigenvalue weighted by Gasteiger charge is -2.45. The summed E-state index contributed by atoms with van der Waals surface area (Å²) in [5, 5.41) is 4.05. The Morgan fingerprint density at radius 2 is 2.04 bits per heavy atom. The summed E-state index contributed by atoms with van der Waals surface area (Å²) in [6.45, 7) is 7.24. The molecule has 2 fully saturated rings. The monoisotopic (exact) mass is 371 g/mol. The van der Waals surface area contributed by atoms with E-state index in [4.69, 9.17) is 9.47 Å². The number of ether oxygens (including phenoxy) is 2. The number of rotatable bonds is 2. The maximum atomic E-state index is 12.7. The Morgan fingerprint density at radius 1 is 1.35 bits per heavy atom. The van der Waals surface area contributed by atoms with E-state index >= 15 is 0 Å². The molecule has 0 N–H and O–H groups in total. The Kier molecular flexibility index (Phi) is 5.23. The molecule has 1 aromatic heterocycles. The van der Waals surface area contributed by atoms with Crippen LogP contribution < -0.4 is 0 Å². The van der Waals surface area contributed by atoms with Crippen LogP contribution in [0.2, 0.25) is 0 Å². The second-order valence-electron chi connectivity index (χ2n) is 8.21. The third-order valence-corrected chi connectivity index (χ3v) is 5.09. The van der Waals surface area contributed by atoms with E-state index in [0.717, 1.165) is 25.7 Å². The molecular formula is C18H27F2N3O3. The third-order valence-electron chi connectivity index (χ3n) is 5.09. The highest BCUT2D eigenvalue weighted by atomic mass is 19.3. The molecule has 0 saturated carbocycles. The van der Waals surface area contributed by atoms with E-state index in [-0.39, 0.29) is 23.3 Å². The number of aromatic nitrogens is 2. The fraction of sp³-hybridized carbons (Fsp3) is 0.778. The molecule has 1 unspecified atom stereocenters. The average Bonchev–Trinajstić information content (AvgIpc) is 3.05. The molecule has 2 aliphatic rings. The highest BCUT2D eigenvalue weighted by Crippen LogP contribution is 2.38. The molecule has 146 valence electrons. The first kappa shape index (κ1) is 19.1. The van der Waals surface area contributed by atoms with Gasteiger partial charge in [-0.05, 0) is 46.5 Å². The SMILES string of the molecule is CC(C)(C)OC(=O)N1CCC2(CCC(n3cc(C(F)F)cn3)CO2)CC1. The number of halogens is 2. The van der Waals surface area contributed by atoms with Gasteiger partial charge in [-0.2, -0.15) is 5.10 Å². The van der Waals surface area contributed by atoms with Crippen LogP contribution in [-0.4, -0.2) is 51.7 Å². The summed E-state index contributed by atoms with van der Waals surface area (Å²) in [5.41, 5.74) is -0.786. The van der Waals surface area contributed by atoms with Crippen LogP contribution in [0.1, 0.15) is 64.5 Å². The molecule has 0 aliphatic carbocycles. The van der Waals surface area contributed by atoms with Gasteiger partial charge in [-0.25, -0.2) is 13.6 Å². The van der Waals surface area contributed by atoms with E-state index < -0.39 is 12.0 Å². The van der Waals surface area contributed by atoms with Crippen molar-refractivity contribution >= 4 is 6.09 Å². The lowest BCUT2D eigenvalue weighted by atomic mass is 9.83. The van der Waals surface area contributed by atoms with Crippen molar-refractivity contribution < 1.29 is 23.0 Å². The fourth-order valence-corrected chi connectivity index (χ4v) is 3.55. The quantitative estimate of drug-likeness (QED) is 0.790. The van der Waals surface area contributed by atoms with Crippen LogP contribution in [0.25, 0.3) is 0 Å². The van der Waals surface area contributed by atoms with E-state index in [0.29, 0.717) is 19.7 Å². The molecule has 2 saturated heterocycles. The van der Waals surface area contributed by atoms with E-state index in [1.54, 1.807) is 9.58 Å². The topological polar surface area (TPSA) is 56.6 Å². The molecule has 1 aromatic rings. The molecule has 1 atom stereocenters. The first-order valence-corrected chi connectivity index (χ1v) is 9.12. The predicted molar refractivity (Wildman–Crippen MR) is 91.2 cm³/mol. The van der Waals surface area contributed by atoms with Crippen LogP contribution in [0.3, 0.4) is 0 Å². The van der Waals surface area contributed by atoms with Gasteiger partial charge in [0.2, 0.25) is 0 Å². The number of hydrogen-bond donors (Lipinski definition) is 0. The maximum absolute atomic E-state index is 12.7. The van der Waals surface area contributed by atoms with Gasteiger partial charge in [0.15, 0.2) is 0 Å². The predicted octanol–water partition coefficient (Wildman–Crippen LogP) is 3.94. The van der Waals surface area contributed by atoms with Gasteiger partial charge in [-0.3, -0.25) is 4.68 Å². The average molecular weight is 371 g/mol. The molecular weight excluding hydrogens is 344 g/mol. The summed E-state index contributed by atoms with van der Waals surface area (Å²) < 4.78 is 38.6. The van der Waals surface area contributed by atoms with Gasteiger partial charge in [-0.15, -0.1) is 0 Å². The van der Waals surface area contributed by atoms with Gasteiger partial charge in [-0.1, -0.05) is 0 Å². The highest BCUT2D eigenvalue weighted by molar-refractivity contribution is 5.68. The standard InChI is InChI=1S/C18H27F2N3O3/c1-17(2,3)26-16(24)22-8-6-18(7-9-22)5-4-14(12-25-18)23-11-13(10-21-23)15(19)20/h10-11,14-15H,4-9,12H2,1-3H3. The van der Waals surface area contributed by atoms with Crippen molar-refractivity contribution in [3.05, 3.63) is 18.0 Å². The molecule has 1 amide bonds. The number of piperidine rings is 1. The number of likely N-dealkylation sites (tertiary alicyclic amines) is 1. The second kappa shape index (κ2) is 7.13. The fourth-order valence-electron chi connectivity index (χ4n) is 3.55. The minimum absolute atomic E-state index is 0.0167. The van der Waals surface area contributed by atoms with Crippen LogP contribution in [0.4, 0.5) is 13.6 Å². The number of hydrogen-bond acceptors (Lipinski definition) is 4. The van der Waals surface area contributed by atoms with Gasteiger partial charge in [0.1, 0.15) is 5.60 Å². The minimum atomic E-state index is -2.50. The number of amides is 1. The first-order valence-electron chi connectivity index (χ1n) is 9.12. The number of carbonyl (C=O) groups is 1. The molecule has 3 heterocycles. The summed E-state index contributed by atoms with van der Waals surface area (Å²) in [6, 6.07) is -0.0167. The van der Waals surface area contributed by atoms with E-state index in [1.807, 2.05) is 20.8 Å². The van der Waals surface area contributed by atoms with Crippen LogP contribution in [0.5, 0.6) is 0 Å². The third kappa shape index (κ3) is 4.34. The Bertz CT molecular complexity index is 624. The Labute approximate surface area is 152 Å². The zero-order valence-corrected chi connectivity index (χ0v) is 15.6. The second-order valence-corrected chi connectivity index (χ2v) is 8.21. The number of alkyl halides is 2. The molecule has 0 aromatic carbocycles. The van der Waals surface area contributed by atoms with Crippen LogP contribution >= 0.6 is 0 Å². The van der Waals surface area contributed by atoms with Crippen molar-refractivity contribution in [2.45, 2.75) is 70.1 Å². The summed E-state index contributed by atoms with van der Waals surface area (Å²) in [4.78, 5) is 13.9. The van der Waals surface area contributed by atoms with Crippen molar-refractivity contribution in [3.63, 3.8) is 0 Å². The van der Waals surface area contributed by atoms with Gasteiger partial charge in [0.25, 0.3) is 6.43 Å². The zero-order valence-electron chi connectivity index (χ0n) is 15.6. The van der Waals surface area contributed by atoms with Crippen molar-refractivity contribution in [2.24, 2.45) is 0 Å². The first-order chi connectivity index (χ1) is 12.2. The molecule has 8 heteroatoms. The molecule has 2 aliphatic heterocycles. The summed E-state index contributed by atoms with van der Waals surface area (Å²) in [5.74, 6) is 0. The van der Waals surface area contributed by atoms with Gasteiger partial charge in [0, 0.05) is 19.3 Å². The maximum Gasteiger partial charge on any atom is 0.410 e. The molecule has 0 radical (unpaired) electrons. The number of carbonyl (C=O) groups excluding carboxylic acids is 1. The van der Waals surface area contributed by atoms with Gasteiger partial charge < -0.3 is 14.4 Å². The van der Waals surface area contributed by atoms with Crippen LogP contribution in [-0.2, 0) is 9.47 Å². The normalized spacial score (nSPS) is 23.5. The van der Waals surface area contributed by atoms with E-state index in [9.17, 15) is 13.6 Å². The molecule has 3 rings (SSSR count). The lowest BCUT2D eigenvalue weighted by molar-refractivity contribution is -0.126. The minimum Gasteiger partial charge on any atom is -0.444 e. The largest absolute Gasteiger partial charge is 0.444 e. The highest BCUT2D eigenvalue weighted by Gasteiger charge is 2.41. The van der Waals surface area contributed by atoms with Crippen molar-refractivity contribution in [2.75, 3.05) is 19.7 Å². The Morgan fingerprint density at radius 3 is 2.54 bits per heavy atom. The van der Waals surface area contributed by atoms with Crippen LogP contribution in [0.15, 0.2) is 12.4 Å². The zero-order chi connectivity index (χ0) is 18.9. The van der Waals surface area contributed by atoms with E-state index in [1.165, 1.54) is 12.4 Å². The Balaban J connectivity index is 1.51. The number of nitrogens with zero attached hydrogens (tertiary/aromatic N) is 3. The molecule has 6 nitrogen and oxygen atoms in total. The summed E-state index contributed by atoms with van der Waals surface area (Å²) in [6.07, 6.45) is 3.03. The lowest BCUT2D eigenvalue weighted by Crippen LogP contribution is -2.51. The van der Waals surface area contributed by atoms with Crippen LogP contribution in [0, 0.1) is 0 Å². The van der Waals surface area contributed by atoms with E-state index in [2.05, 4.69) is 5.10 Å². The smallest absolute Gasteiger partial charge is 0.410 e. The van der Waals surface area contributed by atoms with Crippen molar-refractivity contribution in [1.82, 2.24) is 14.7 Å². The molecule has 1 spiro atoms.